The van der Waals surface area contributed by atoms with Gasteiger partial charge in [0.1, 0.15) is 11.8 Å². The van der Waals surface area contributed by atoms with Crippen LogP contribution in [0, 0.1) is 0 Å². The number of furan rings is 1. The van der Waals surface area contributed by atoms with Crippen LogP contribution < -0.4 is 5.32 Å². The summed E-state index contributed by atoms with van der Waals surface area (Å²) >= 11 is 0. The molecule has 23 heavy (non-hydrogen) atoms. The van der Waals surface area contributed by atoms with Crippen LogP contribution >= 0.6 is 0 Å². The van der Waals surface area contributed by atoms with E-state index in [4.69, 9.17) is 4.42 Å². The first-order valence-corrected chi connectivity index (χ1v) is 7.84. The van der Waals surface area contributed by atoms with Gasteiger partial charge >= 0.3 is 0 Å². The van der Waals surface area contributed by atoms with E-state index in [0.29, 0.717) is 11.3 Å². The maximum absolute atomic E-state index is 12.7. The molecular weight excluding hydrogens is 292 g/mol. The van der Waals surface area contributed by atoms with Crippen LogP contribution in [-0.4, -0.2) is 22.8 Å². The summed E-state index contributed by atoms with van der Waals surface area (Å²) in [6.07, 6.45) is 2.41. The number of nitrogens with one attached hydrogen (secondary N) is 1. The lowest BCUT2D eigenvalue weighted by molar-refractivity contribution is -0.126. The predicted octanol–water partition coefficient (Wildman–Crippen LogP) is 2.89. The normalized spacial score (nSPS) is 17.9. The first kappa shape index (κ1) is 15.3. The molecule has 0 radical (unpaired) electrons. The van der Waals surface area contributed by atoms with Gasteiger partial charge in [-0.3, -0.25) is 9.59 Å². The van der Waals surface area contributed by atoms with E-state index in [1.165, 1.54) is 0 Å². The molecule has 2 heterocycles. The third-order valence-corrected chi connectivity index (χ3v) is 4.21. The Kier molecular flexibility index (Phi) is 4.19. The Balaban J connectivity index is 1.93. The third kappa shape index (κ3) is 2.86. The standard InChI is InChI=1S/C18H20N2O3/c1-3-12(2)19-17(21)16-14-8-4-5-9-15(14)18(22)20(16)11-13-7-6-10-23-13/h4-10,12,16H,3,11H2,1-2H3,(H,19,21). The highest BCUT2D eigenvalue weighted by Crippen LogP contribution is 2.35. The number of nitrogens with zero attached hydrogens (tertiary/aromatic N) is 1. The van der Waals surface area contributed by atoms with E-state index >= 15 is 0 Å². The summed E-state index contributed by atoms with van der Waals surface area (Å²) in [6, 6.07) is 10.3. The lowest BCUT2D eigenvalue weighted by Crippen LogP contribution is -2.42. The van der Waals surface area contributed by atoms with Gasteiger partial charge in [-0.05, 0) is 37.1 Å². The molecule has 1 aromatic heterocycles. The van der Waals surface area contributed by atoms with Crippen molar-refractivity contribution in [2.45, 2.75) is 38.9 Å². The topological polar surface area (TPSA) is 62.6 Å². The van der Waals surface area contributed by atoms with Crippen LogP contribution in [0.1, 0.15) is 48.0 Å². The Hall–Kier alpha value is -2.56. The van der Waals surface area contributed by atoms with Crippen molar-refractivity contribution in [3.05, 3.63) is 59.5 Å². The van der Waals surface area contributed by atoms with Gasteiger partial charge in [0, 0.05) is 11.6 Å². The SMILES string of the molecule is CCC(C)NC(=O)C1c2ccccc2C(=O)N1Cc1ccco1. The first-order chi connectivity index (χ1) is 11.1. The molecule has 5 nitrogen and oxygen atoms in total. The largest absolute Gasteiger partial charge is 0.467 e. The summed E-state index contributed by atoms with van der Waals surface area (Å²) in [6.45, 7) is 4.25. The molecule has 120 valence electrons. The maximum Gasteiger partial charge on any atom is 0.255 e. The monoisotopic (exact) mass is 312 g/mol. The molecule has 1 aliphatic rings. The second kappa shape index (κ2) is 6.28. The van der Waals surface area contributed by atoms with E-state index in [1.54, 1.807) is 29.4 Å². The molecule has 2 aromatic rings. The Bertz CT molecular complexity index is 709. The molecular formula is C18H20N2O3. The van der Waals surface area contributed by atoms with E-state index in [9.17, 15) is 9.59 Å². The van der Waals surface area contributed by atoms with Gasteiger partial charge in [0.25, 0.3) is 5.91 Å². The lowest BCUT2D eigenvalue weighted by Gasteiger charge is -2.25. The van der Waals surface area contributed by atoms with Gasteiger partial charge in [0.2, 0.25) is 5.91 Å². The van der Waals surface area contributed by atoms with E-state index in [-0.39, 0.29) is 24.4 Å². The second-order valence-corrected chi connectivity index (χ2v) is 5.82. The van der Waals surface area contributed by atoms with Crippen molar-refractivity contribution in [2.75, 3.05) is 0 Å². The molecule has 1 aromatic carbocycles. The Morgan fingerprint density at radius 1 is 1.30 bits per heavy atom. The van der Waals surface area contributed by atoms with Crippen LogP contribution in [0.25, 0.3) is 0 Å². The van der Waals surface area contributed by atoms with E-state index in [0.717, 1.165) is 12.0 Å². The predicted molar refractivity (Wildman–Crippen MR) is 85.7 cm³/mol. The maximum atomic E-state index is 12.7. The molecule has 0 spiro atoms. The average Bonchev–Trinajstić information content (AvgIpc) is 3.15. The summed E-state index contributed by atoms with van der Waals surface area (Å²) < 4.78 is 5.35. The number of hydrogen-bond acceptors (Lipinski definition) is 3. The molecule has 1 N–H and O–H groups in total. The fraction of sp³-hybridized carbons (Fsp3) is 0.333. The van der Waals surface area contributed by atoms with Crippen molar-refractivity contribution >= 4 is 11.8 Å². The van der Waals surface area contributed by atoms with Crippen LogP contribution in [0.4, 0.5) is 0 Å². The van der Waals surface area contributed by atoms with E-state index in [1.807, 2.05) is 32.0 Å². The summed E-state index contributed by atoms with van der Waals surface area (Å²) in [5.74, 6) is 0.373. The van der Waals surface area contributed by atoms with E-state index < -0.39 is 6.04 Å². The molecule has 2 unspecified atom stereocenters. The fourth-order valence-electron chi connectivity index (χ4n) is 2.81. The van der Waals surface area contributed by atoms with Crippen molar-refractivity contribution in [1.82, 2.24) is 10.2 Å². The Morgan fingerprint density at radius 2 is 2.09 bits per heavy atom. The second-order valence-electron chi connectivity index (χ2n) is 5.82. The molecule has 0 aliphatic carbocycles. The van der Waals surface area contributed by atoms with Gasteiger partial charge in [0.15, 0.2) is 0 Å². The summed E-state index contributed by atoms with van der Waals surface area (Å²) in [5, 5.41) is 2.98. The summed E-state index contributed by atoms with van der Waals surface area (Å²) in [5.41, 5.74) is 1.34. The number of hydrogen-bond donors (Lipinski definition) is 1. The highest BCUT2D eigenvalue weighted by Gasteiger charge is 2.41. The fourth-order valence-corrected chi connectivity index (χ4v) is 2.81. The molecule has 0 bridgehead atoms. The highest BCUT2D eigenvalue weighted by molar-refractivity contribution is 6.04. The number of benzene rings is 1. The quantitative estimate of drug-likeness (QED) is 0.923. The minimum atomic E-state index is -0.613. The van der Waals surface area contributed by atoms with Gasteiger partial charge in [0.05, 0.1) is 12.8 Å². The van der Waals surface area contributed by atoms with Crippen LogP contribution in [0.5, 0.6) is 0 Å². The van der Waals surface area contributed by atoms with Crippen LogP contribution in [0.3, 0.4) is 0 Å². The van der Waals surface area contributed by atoms with Gasteiger partial charge in [-0.2, -0.15) is 0 Å². The number of amides is 2. The highest BCUT2D eigenvalue weighted by atomic mass is 16.3. The average molecular weight is 312 g/mol. The molecule has 2 amide bonds. The summed E-state index contributed by atoms with van der Waals surface area (Å²) in [4.78, 5) is 27.0. The zero-order valence-electron chi connectivity index (χ0n) is 13.3. The molecule has 5 heteroatoms. The number of rotatable bonds is 5. The molecule has 3 rings (SSSR count). The minimum absolute atomic E-state index is 0.0656. The van der Waals surface area contributed by atoms with Crippen molar-refractivity contribution in [3.63, 3.8) is 0 Å². The van der Waals surface area contributed by atoms with Crippen molar-refractivity contribution in [2.24, 2.45) is 0 Å². The Morgan fingerprint density at radius 3 is 2.78 bits per heavy atom. The zero-order chi connectivity index (χ0) is 16.4. The molecule has 1 aliphatic heterocycles. The Labute approximate surface area is 135 Å². The van der Waals surface area contributed by atoms with Gasteiger partial charge in [-0.25, -0.2) is 0 Å². The molecule has 2 atom stereocenters. The molecule has 0 saturated heterocycles. The molecule has 0 saturated carbocycles. The van der Waals surface area contributed by atoms with Gasteiger partial charge in [-0.15, -0.1) is 0 Å². The van der Waals surface area contributed by atoms with Crippen LogP contribution in [0.2, 0.25) is 0 Å². The lowest BCUT2D eigenvalue weighted by atomic mass is 10.0. The van der Waals surface area contributed by atoms with Crippen LogP contribution in [-0.2, 0) is 11.3 Å². The zero-order valence-corrected chi connectivity index (χ0v) is 13.3. The summed E-state index contributed by atoms with van der Waals surface area (Å²) in [7, 11) is 0. The van der Waals surface area contributed by atoms with Crippen molar-refractivity contribution in [1.29, 1.82) is 0 Å². The van der Waals surface area contributed by atoms with Gasteiger partial charge < -0.3 is 14.6 Å². The van der Waals surface area contributed by atoms with Gasteiger partial charge in [-0.1, -0.05) is 25.1 Å². The minimum Gasteiger partial charge on any atom is -0.467 e. The van der Waals surface area contributed by atoms with Crippen LogP contribution in [0.15, 0.2) is 47.1 Å². The van der Waals surface area contributed by atoms with Crippen molar-refractivity contribution < 1.29 is 14.0 Å². The molecule has 0 fully saturated rings. The first-order valence-electron chi connectivity index (χ1n) is 7.84. The smallest absolute Gasteiger partial charge is 0.255 e. The number of carbonyl (C=O) groups is 2. The van der Waals surface area contributed by atoms with E-state index in [2.05, 4.69) is 5.32 Å². The number of fused-ring (bicyclic) bond motifs is 1. The van der Waals surface area contributed by atoms with Crippen molar-refractivity contribution in [3.8, 4) is 0 Å². The third-order valence-electron chi connectivity index (χ3n) is 4.21. The number of carbonyl (C=O) groups excluding carboxylic acids is 2.